The maximum absolute atomic E-state index is 11.1. The van der Waals surface area contributed by atoms with Crippen LogP contribution < -0.4 is 0 Å². The number of likely N-dealkylation sites (N-methyl/N-ethyl adjacent to an activating group) is 1. The van der Waals surface area contributed by atoms with Crippen molar-refractivity contribution >= 4 is 5.97 Å². The summed E-state index contributed by atoms with van der Waals surface area (Å²) in [6.07, 6.45) is 6.23. The summed E-state index contributed by atoms with van der Waals surface area (Å²) in [6, 6.07) is 0. The highest BCUT2D eigenvalue weighted by molar-refractivity contribution is 5.69. The molecule has 1 unspecified atom stereocenters. The topological polar surface area (TPSA) is 49.8 Å². The number of ether oxygens (including phenoxy) is 1. The first-order valence-corrected chi connectivity index (χ1v) is 7.13. The lowest BCUT2D eigenvalue weighted by atomic mass is 10.00. The van der Waals surface area contributed by atoms with Crippen molar-refractivity contribution < 1.29 is 14.6 Å². The second kappa shape index (κ2) is 8.48. The molecule has 0 aromatic rings. The van der Waals surface area contributed by atoms with E-state index in [1.807, 2.05) is 0 Å². The molecule has 18 heavy (non-hydrogen) atoms. The Morgan fingerprint density at radius 2 is 2.11 bits per heavy atom. The molecule has 0 bridgehead atoms. The lowest BCUT2D eigenvalue weighted by Crippen LogP contribution is -2.34. The Hall–Kier alpha value is -0.610. The van der Waals surface area contributed by atoms with Crippen LogP contribution in [0.15, 0.2) is 0 Å². The van der Waals surface area contributed by atoms with Gasteiger partial charge in [0.15, 0.2) is 0 Å². The van der Waals surface area contributed by atoms with Gasteiger partial charge >= 0.3 is 5.97 Å². The van der Waals surface area contributed by atoms with Crippen molar-refractivity contribution in [2.45, 2.75) is 51.6 Å². The van der Waals surface area contributed by atoms with Crippen LogP contribution in [0.1, 0.15) is 45.4 Å². The third-order valence-corrected chi connectivity index (χ3v) is 3.86. The minimum atomic E-state index is -0.259. The number of hydrogen-bond donors (Lipinski definition) is 1. The van der Waals surface area contributed by atoms with E-state index < -0.39 is 0 Å². The molecule has 0 amide bonds. The predicted molar refractivity (Wildman–Crippen MR) is 71.3 cm³/mol. The highest BCUT2D eigenvalue weighted by Crippen LogP contribution is 2.28. The normalized spacial score (nSPS) is 18.2. The van der Waals surface area contributed by atoms with Crippen LogP contribution in [0.3, 0.4) is 0 Å². The van der Waals surface area contributed by atoms with Crippen LogP contribution in [0.5, 0.6) is 0 Å². The summed E-state index contributed by atoms with van der Waals surface area (Å²) < 4.78 is 4.63. The van der Waals surface area contributed by atoms with E-state index in [9.17, 15) is 9.90 Å². The molecule has 0 aromatic heterocycles. The molecule has 1 atom stereocenters. The van der Waals surface area contributed by atoms with Crippen molar-refractivity contribution in [3.8, 4) is 0 Å². The zero-order chi connectivity index (χ0) is 13.4. The molecule has 0 radical (unpaired) electrons. The fourth-order valence-electron chi connectivity index (χ4n) is 2.73. The van der Waals surface area contributed by atoms with Gasteiger partial charge in [-0.3, -0.25) is 4.79 Å². The molecule has 1 saturated carbocycles. The van der Waals surface area contributed by atoms with Crippen molar-refractivity contribution in [2.75, 3.05) is 26.7 Å². The number of esters is 1. The van der Waals surface area contributed by atoms with Gasteiger partial charge in [-0.1, -0.05) is 32.6 Å². The molecule has 0 aromatic carbocycles. The second-order valence-electron chi connectivity index (χ2n) is 5.26. The summed E-state index contributed by atoms with van der Waals surface area (Å²) in [4.78, 5) is 13.2. The first-order chi connectivity index (χ1) is 8.65. The third-order valence-electron chi connectivity index (χ3n) is 3.86. The Bertz CT molecular complexity index is 239. The number of nitrogens with zero attached hydrogens (tertiary/aromatic N) is 1. The molecule has 1 aliphatic rings. The van der Waals surface area contributed by atoms with Gasteiger partial charge in [-0.2, -0.15) is 0 Å². The molecule has 0 spiro atoms. The molecule has 0 heterocycles. The van der Waals surface area contributed by atoms with Gasteiger partial charge in [-0.25, -0.2) is 0 Å². The molecule has 0 saturated heterocycles. The zero-order valence-electron chi connectivity index (χ0n) is 11.7. The van der Waals surface area contributed by atoms with E-state index >= 15 is 0 Å². The minimum Gasteiger partial charge on any atom is -0.469 e. The van der Waals surface area contributed by atoms with Crippen LogP contribution in [-0.2, 0) is 9.53 Å². The molecule has 0 aliphatic heterocycles. The minimum absolute atomic E-state index is 0.182. The molecule has 1 rings (SSSR count). The Morgan fingerprint density at radius 1 is 1.44 bits per heavy atom. The predicted octanol–water partition coefficient (Wildman–Crippen LogP) is 1.81. The number of carbonyl (C=O) groups excluding carboxylic acids is 1. The van der Waals surface area contributed by atoms with E-state index in [0.29, 0.717) is 25.4 Å². The van der Waals surface area contributed by atoms with Crippen molar-refractivity contribution in [1.29, 1.82) is 0 Å². The smallest absolute Gasteiger partial charge is 0.306 e. The second-order valence-corrected chi connectivity index (χ2v) is 5.26. The molecule has 1 fully saturated rings. The summed E-state index contributed by atoms with van der Waals surface area (Å²) in [6.45, 7) is 4.26. The fourth-order valence-corrected chi connectivity index (χ4v) is 2.73. The van der Waals surface area contributed by atoms with E-state index in [4.69, 9.17) is 0 Å². The molecule has 4 nitrogen and oxygen atoms in total. The number of hydrogen-bond acceptors (Lipinski definition) is 4. The van der Waals surface area contributed by atoms with Crippen molar-refractivity contribution in [2.24, 2.45) is 5.92 Å². The molecule has 4 heteroatoms. The average molecular weight is 257 g/mol. The molecular formula is C14H27NO3. The van der Waals surface area contributed by atoms with Crippen LogP contribution in [-0.4, -0.2) is 48.8 Å². The van der Waals surface area contributed by atoms with E-state index in [0.717, 1.165) is 13.0 Å². The monoisotopic (exact) mass is 257 g/mol. The Balaban J connectivity index is 2.21. The first-order valence-electron chi connectivity index (χ1n) is 7.13. The Labute approximate surface area is 110 Å². The number of rotatable bonds is 8. The number of aliphatic hydroxyl groups is 1. The van der Waals surface area contributed by atoms with Crippen LogP contribution in [0.4, 0.5) is 0 Å². The van der Waals surface area contributed by atoms with Gasteiger partial charge in [-0.05, 0) is 18.9 Å². The van der Waals surface area contributed by atoms with Gasteiger partial charge in [0.1, 0.15) is 0 Å². The summed E-state index contributed by atoms with van der Waals surface area (Å²) in [5, 5.41) is 10.1. The van der Waals surface area contributed by atoms with E-state index in [1.54, 1.807) is 0 Å². The van der Waals surface area contributed by atoms with Crippen molar-refractivity contribution in [3.63, 3.8) is 0 Å². The van der Waals surface area contributed by atoms with E-state index in [-0.39, 0.29) is 12.1 Å². The average Bonchev–Trinajstić information content (AvgIpc) is 2.86. The van der Waals surface area contributed by atoms with E-state index in [2.05, 4.69) is 16.6 Å². The largest absolute Gasteiger partial charge is 0.469 e. The number of methoxy groups -OCH3 is 1. The maximum atomic E-state index is 11.1. The number of aliphatic hydroxyl groups excluding tert-OH is 1. The third kappa shape index (κ3) is 5.83. The van der Waals surface area contributed by atoms with E-state index in [1.165, 1.54) is 32.8 Å². The Kier molecular flexibility index (Phi) is 7.28. The number of carbonyl (C=O) groups is 1. The molecular weight excluding hydrogens is 230 g/mol. The summed E-state index contributed by atoms with van der Waals surface area (Å²) >= 11 is 0. The molecule has 1 N–H and O–H groups in total. The van der Waals surface area contributed by atoms with Crippen LogP contribution in [0.2, 0.25) is 0 Å². The molecule has 106 valence electrons. The molecule has 1 aliphatic carbocycles. The summed E-state index contributed by atoms with van der Waals surface area (Å²) in [5.74, 6) is 0.526. The van der Waals surface area contributed by atoms with Gasteiger partial charge < -0.3 is 14.7 Å². The van der Waals surface area contributed by atoms with Crippen molar-refractivity contribution in [1.82, 2.24) is 4.90 Å². The standard InChI is InChI=1S/C14H27NO3/c1-3-15(9-8-14(17)18-2)11-13(16)10-12-6-4-5-7-12/h12-13,16H,3-11H2,1-2H3. The Morgan fingerprint density at radius 3 is 2.67 bits per heavy atom. The van der Waals surface area contributed by atoms with Gasteiger partial charge in [0.05, 0.1) is 19.6 Å². The van der Waals surface area contributed by atoms with Gasteiger partial charge in [0.2, 0.25) is 0 Å². The van der Waals surface area contributed by atoms with Crippen LogP contribution >= 0.6 is 0 Å². The lowest BCUT2D eigenvalue weighted by Gasteiger charge is -2.24. The summed E-state index contributed by atoms with van der Waals surface area (Å²) in [7, 11) is 1.41. The van der Waals surface area contributed by atoms with Crippen LogP contribution in [0.25, 0.3) is 0 Å². The quantitative estimate of drug-likeness (QED) is 0.674. The maximum Gasteiger partial charge on any atom is 0.306 e. The van der Waals surface area contributed by atoms with Gasteiger partial charge in [0, 0.05) is 13.1 Å². The zero-order valence-corrected chi connectivity index (χ0v) is 11.7. The SMILES string of the molecule is CCN(CCC(=O)OC)CC(O)CC1CCCC1. The fraction of sp³-hybridized carbons (Fsp3) is 0.929. The summed E-state index contributed by atoms with van der Waals surface area (Å²) in [5.41, 5.74) is 0. The van der Waals surface area contributed by atoms with Crippen molar-refractivity contribution in [3.05, 3.63) is 0 Å². The van der Waals surface area contributed by atoms with Gasteiger partial charge in [-0.15, -0.1) is 0 Å². The highest BCUT2D eigenvalue weighted by atomic mass is 16.5. The first kappa shape index (κ1) is 15.4. The highest BCUT2D eigenvalue weighted by Gasteiger charge is 2.20. The van der Waals surface area contributed by atoms with Gasteiger partial charge in [0.25, 0.3) is 0 Å². The van der Waals surface area contributed by atoms with Crippen LogP contribution in [0, 0.1) is 5.92 Å². The lowest BCUT2D eigenvalue weighted by molar-refractivity contribution is -0.141.